The molecule has 14 heavy (non-hydrogen) atoms. The zero-order valence-electron chi connectivity index (χ0n) is 8.08. The van der Waals surface area contributed by atoms with Crippen LogP contribution in [0.5, 0.6) is 0 Å². The van der Waals surface area contributed by atoms with Crippen molar-refractivity contribution in [3.8, 4) is 0 Å². The second-order valence-corrected chi connectivity index (χ2v) is 3.11. The Kier molecular flexibility index (Phi) is 3.28. The lowest BCUT2D eigenvalue weighted by molar-refractivity contribution is 0.0935. The van der Waals surface area contributed by atoms with Crippen LogP contribution >= 0.6 is 0 Å². The number of aromatic amines is 1. The fourth-order valence-electron chi connectivity index (χ4n) is 1.06. The van der Waals surface area contributed by atoms with Gasteiger partial charge in [0, 0.05) is 12.1 Å². The minimum atomic E-state index is -0.205. The van der Waals surface area contributed by atoms with Crippen LogP contribution in [0.3, 0.4) is 0 Å². The van der Waals surface area contributed by atoms with E-state index in [2.05, 4.69) is 22.1 Å². The van der Waals surface area contributed by atoms with Crippen molar-refractivity contribution < 1.29 is 4.79 Å². The van der Waals surface area contributed by atoms with E-state index in [0.717, 1.165) is 6.42 Å². The lowest BCUT2D eigenvalue weighted by Gasteiger charge is -2.09. The minimum Gasteiger partial charge on any atom is -0.382 e. The van der Waals surface area contributed by atoms with E-state index in [-0.39, 0.29) is 11.9 Å². The molecule has 0 bridgehead atoms. The Hall–Kier alpha value is -1.78. The van der Waals surface area contributed by atoms with Crippen LogP contribution in [0, 0.1) is 0 Å². The largest absolute Gasteiger partial charge is 0.382 e. The first-order valence-corrected chi connectivity index (χ1v) is 4.36. The van der Waals surface area contributed by atoms with Crippen LogP contribution in [-0.2, 0) is 0 Å². The van der Waals surface area contributed by atoms with Gasteiger partial charge in [-0.25, -0.2) is 0 Å². The van der Waals surface area contributed by atoms with Gasteiger partial charge in [0.15, 0.2) is 0 Å². The summed E-state index contributed by atoms with van der Waals surface area (Å²) in [6, 6.07) is 1.56. The van der Waals surface area contributed by atoms with Crippen molar-refractivity contribution in [1.82, 2.24) is 15.5 Å². The molecule has 0 aliphatic carbocycles. The third-order valence-corrected chi connectivity index (χ3v) is 1.74. The summed E-state index contributed by atoms with van der Waals surface area (Å²) in [6.07, 6.45) is 2.49. The zero-order chi connectivity index (χ0) is 10.6. The summed E-state index contributed by atoms with van der Waals surface area (Å²) in [5, 5.41) is 8.98. The normalized spacial score (nSPS) is 12.1. The molecule has 0 spiro atoms. The third-order valence-electron chi connectivity index (χ3n) is 1.74. The summed E-state index contributed by atoms with van der Waals surface area (Å²) < 4.78 is 0. The van der Waals surface area contributed by atoms with Crippen LogP contribution in [0.25, 0.3) is 0 Å². The van der Waals surface area contributed by atoms with Gasteiger partial charge in [-0.3, -0.25) is 9.89 Å². The molecule has 1 rings (SSSR count). The van der Waals surface area contributed by atoms with Gasteiger partial charge in [0.25, 0.3) is 5.91 Å². The molecular weight excluding hydrogens is 180 g/mol. The van der Waals surface area contributed by atoms with Gasteiger partial charge in [-0.15, -0.1) is 6.58 Å². The number of hydrogen-bond acceptors (Lipinski definition) is 3. The number of nitrogens with zero attached hydrogens (tertiary/aromatic N) is 1. The molecule has 0 saturated heterocycles. The van der Waals surface area contributed by atoms with Crippen LogP contribution in [-0.4, -0.2) is 22.1 Å². The predicted molar refractivity (Wildman–Crippen MR) is 54.7 cm³/mol. The Bertz CT molecular complexity index is 331. The van der Waals surface area contributed by atoms with Crippen molar-refractivity contribution in [1.29, 1.82) is 0 Å². The summed E-state index contributed by atoms with van der Waals surface area (Å²) in [5.74, 6) is 0.107. The van der Waals surface area contributed by atoms with Crippen molar-refractivity contribution in [3.05, 3.63) is 24.4 Å². The van der Waals surface area contributed by atoms with Crippen molar-refractivity contribution >= 4 is 11.7 Å². The third kappa shape index (κ3) is 2.62. The molecular formula is C9H14N4O. The monoisotopic (exact) mass is 194 g/mol. The highest BCUT2D eigenvalue weighted by Crippen LogP contribution is 2.01. The zero-order valence-corrected chi connectivity index (χ0v) is 8.08. The van der Waals surface area contributed by atoms with E-state index in [9.17, 15) is 4.79 Å². The first-order chi connectivity index (χ1) is 6.63. The lowest BCUT2D eigenvalue weighted by atomic mass is 10.2. The van der Waals surface area contributed by atoms with Crippen LogP contribution in [0.15, 0.2) is 18.7 Å². The number of H-pyrrole nitrogens is 1. The molecule has 1 aromatic rings. The second kappa shape index (κ2) is 4.45. The van der Waals surface area contributed by atoms with Crippen molar-refractivity contribution in [2.75, 3.05) is 5.73 Å². The number of carbonyl (C=O) groups is 1. The Morgan fingerprint density at radius 1 is 1.93 bits per heavy atom. The molecule has 0 aliphatic heterocycles. The molecule has 5 heteroatoms. The predicted octanol–water partition coefficient (Wildman–Crippen LogP) is 0.686. The van der Waals surface area contributed by atoms with E-state index in [1.807, 2.05) is 6.92 Å². The number of carbonyl (C=O) groups excluding carboxylic acids is 1. The molecule has 0 radical (unpaired) electrons. The van der Waals surface area contributed by atoms with E-state index in [1.165, 1.54) is 6.07 Å². The average Bonchev–Trinajstić information content (AvgIpc) is 2.52. The van der Waals surface area contributed by atoms with Gasteiger partial charge in [0.1, 0.15) is 11.5 Å². The van der Waals surface area contributed by atoms with E-state index in [4.69, 9.17) is 5.73 Å². The first kappa shape index (κ1) is 10.3. The van der Waals surface area contributed by atoms with Crippen LogP contribution < -0.4 is 11.1 Å². The molecule has 0 aliphatic rings. The molecule has 1 heterocycles. The van der Waals surface area contributed by atoms with Crippen molar-refractivity contribution in [2.45, 2.75) is 19.4 Å². The maximum atomic E-state index is 11.5. The molecule has 0 saturated carbocycles. The summed E-state index contributed by atoms with van der Waals surface area (Å²) in [6.45, 7) is 5.50. The average molecular weight is 194 g/mol. The molecule has 0 aromatic carbocycles. The molecule has 76 valence electrons. The highest BCUT2D eigenvalue weighted by molar-refractivity contribution is 5.93. The second-order valence-electron chi connectivity index (χ2n) is 3.11. The topological polar surface area (TPSA) is 83.8 Å². The van der Waals surface area contributed by atoms with Crippen molar-refractivity contribution in [2.24, 2.45) is 0 Å². The van der Waals surface area contributed by atoms with Crippen LogP contribution in [0.1, 0.15) is 23.8 Å². The maximum Gasteiger partial charge on any atom is 0.269 e. The molecule has 5 nitrogen and oxygen atoms in total. The molecule has 1 atom stereocenters. The van der Waals surface area contributed by atoms with E-state index < -0.39 is 0 Å². The first-order valence-electron chi connectivity index (χ1n) is 4.36. The number of amides is 1. The smallest absolute Gasteiger partial charge is 0.269 e. The maximum absolute atomic E-state index is 11.5. The van der Waals surface area contributed by atoms with Crippen LogP contribution in [0.2, 0.25) is 0 Å². The molecule has 0 fully saturated rings. The molecule has 1 aromatic heterocycles. The highest BCUT2D eigenvalue weighted by atomic mass is 16.2. The van der Waals surface area contributed by atoms with E-state index in [0.29, 0.717) is 11.5 Å². The summed E-state index contributed by atoms with van der Waals surface area (Å²) in [7, 11) is 0. The summed E-state index contributed by atoms with van der Waals surface area (Å²) in [5.41, 5.74) is 5.74. The number of hydrogen-bond donors (Lipinski definition) is 3. The van der Waals surface area contributed by atoms with Crippen LogP contribution in [0.4, 0.5) is 5.82 Å². The van der Waals surface area contributed by atoms with Gasteiger partial charge in [-0.1, -0.05) is 6.08 Å². The van der Waals surface area contributed by atoms with Gasteiger partial charge in [0.05, 0.1) is 0 Å². The molecule has 1 unspecified atom stereocenters. The van der Waals surface area contributed by atoms with Gasteiger partial charge in [0.2, 0.25) is 0 Å². The Morgan fingerprint density at radius 3 is 3.14 bits per heavy atom. The lowest BCUT2D eigenvalue weighted by Crippen LogP contribution is -2.32. The number of rotatable bonds is 4. The van der Waals surface area contributed by atoms with Crippen molar-refractivity contribution in [3.63, 3.8) is 0 Å². The van der Waals surface area contributed by atoms with E-state index >= 15 is 0 Å². The Morgan fingerprint density at radius 2 is 2.64 bits per heavy atom. The highest BCUT2D eigenvalue weighted by Gasteiger charge is 2.10. The minimum absolute atomic E-state index is 0.0597. The summed E-state index contributed by atoms with van der Waals surface area (Å²) in [4.78, 5) is 11.5. The standard InChI is InChI=1S/C9H14N4O/c1-3-4-6(2)11-9(14)7-5-8(10)13-12-7/h3,5-6H,1,4H2,2H3,(H,11,14)(H3,10,12,13). The molecule has 1 amide bonds. The summed E-state index contributed by atoms with van der Waals surface area (Å²) >= 11 is 0. The number of aromatic nitrogens is 2. The SMILES string of the molecule is C=CCC(C)NC(=O)c1cc(N)n[nH]1. The van der Waals surface area contributed by atoms with E-state index in [1.54, 1.807) is 6.08 Å². The van der Waals surface area contributed by atoms with Gasteiger partial charge in [-0.2, -0.15) is 5.10 Å². The Labute approximate surface area is 82.4 Å². The number of nitrogens with two attached hydrogens (primary N) is 1. The number of anilines is 1. The van der Waals surface area contributed by atoms with Gasteiger partial charge < -0.3 is 11.1 Å². The number of nitrogens with one attached hydrogen (secondary N) is 2. The fourth-order valence-corrected chi connectivity index (χ4v) is 1.06. The number of nitrogen functional groups attached to an aromatic ring is 1. The molecule has 4 N–H and O–H groups in total. The van der Waals surface area contributed by atoms with Gasteiger partial charge >= 0.3 is 0 Å². The fraction of sp³-hybridized carbons (Fsp3) is 0.333. The van der Waals surface area contributed by atoms with Gasteiger partial charge in [-0.05, 0) is 13.3 Å². The Balaban J connectivity index is 2.54. The quantitative estimate of drug-likeness (QED) is 0.616.